The van der Waals surface area contributed by atoms with Crippen LogP contribution in [0.25, 0.3) is 0 Å². The topological polar surface area (TPSA) is 55.8 Å². The Labute approximate surface area is 172 Å². The molecule has 0 spiro atoms. The molecule has 0 aromatic heterocycles. The van der Waals surface area contributed by atoms with Crippen LogP contribution in [0.4, 0.5) is 0 Å². The van der Waals surface area contributed by atoms with E-state index in [1.165, 1.54) is 0 Å². The van der Waals surface area contributed by atoms with Crippen LogP contribution in [0.5, 0.6) is 0 Å². The second-order valence-corrected chi connectivity index (χ2v) is 9.84. The van der Waals surface area contributed by atoms with Gasteiger partial charge in [-0.25, -0.2) is 0 Å². The lowest BCUT2D eigenvalue weighted by Crippen LogP contribution is -2.23. The zero-order valence-corrected chi connectivity index (χ0v) is 18.9. The first kappa shape index (κ1) is 23.6. The molecule has 0 radical (unpaired) electrons. The van der Waals surface area contributed by atoms with Gasteiger partial charge in [-0.15, -0.1) is 0 Å². The Morgan fingerprint density at radius 2 is 2.08 bits per heavy atom. The number of hydrogen-bond donors (Lipinski definition) is 1. The number of aliphatic hydroxyl groups excluding tert-OH is 1. The van der Waals surface area contributed by atoms with Crippen LogP contribution in [0.3, 0.4) is 0 Å². The third-order valence-corrected chi connectivity index (χ3v) is 5.80. The molecule has 1 heterocycles. The molecule has 0 amide bonds. The van der Waals surface area contributed by atoms with E-state index in [0.29, 0.717) is 18.9 Å². The molecule has 0 bridgehead atoms. The number of halogens is 1. The van der Waals surface area contributed by atoms with Crippen LogP contribution in [0.1, 0.15) is 66.2 Å². The van der Waals surface area contributed by atoms with Gasteiger partial charge in [-0.2, -0.15) is 0 Å². The second kappa shape index (κ2) is 10.8. The highest BCUT2D eigenvalue weighted by molar-refractivity contribution is 14.1. The summed E-state index contributed by atoms with van der Waals surface area (Å²) in [6, 6.07) is 0. The average molecular weight is 478 g/mol. The van der Waals surface area contributed by atoms with Gasteiger partial charge in [0.15, 0.2) is 0 Å². The number of allylic oxidation sites excluding steroid dienone is 1. The lowest BCUT2D eigenvalue weighted by atomic mass is 9.97. The predicted octanol–water partition coefficient (Wildman–Crippen LogP) is 5.19. The Hall–Kier alpha value is -0.400. The summed E-state index contributed by atoms with van der Waals surface area (Å²) in [6.07, 6.45) is 4.62. The van der Waals surface area contributed by atoms with Crippen LogP contribution < -0.4 is 0 Å². The molecule has 0 saturated carbocycles. The Morgan fingerprint density at radius 1 is 1.42 bits per heavy atom. The average Bonchev–Trinajstić information content (AvgIpc) is 2.88. The molecular formula is C21H35IO4. The molecule has 1 N–H and O–H groups in total. The van der Waals surface area contributed by atoms with E-state index in [0.717, 1.165) is 41.3 Å². The number of carbonyl (C=O) groups excluding carboxylic acids is 1. The summed E-state index contributed by atoms with van der Waals surface area (Å²) in [5, 5.41) is 10.2. The van der Waals surface area contributed by atoms with Gasteiger partial charge >= 0.3 is 5.97 Å². The van der Waals surface area contributed by atoms with Gasteiger partial charge < -0.3 is 14.6 Å². The Morgan fingerprint density at radius 3 is 2.65 bits per heavy atom. The summed E-state index contributed by atoms with van der Waals surface area (Å²) >= 11 is 2.22. The van der Waals surface area contributed by atoms with Crippen molar-refractivity contribution < 1.29 is 19.4 Å². The van der Waals surface area contributed by atoms with Gasteiger partial charge in [-0.3, -0.25) is 4.79 Å². The van der Waals surface area contributed by atoms with Crippen LogP contribution >= 0.6 is 22.6 Å². The maximum atomic E-state index is 11.7. The lowest BCUT2D eigenvalue weighted by Gasteiger charge is -2.19. The molecule has 1 aliphatic rings. The summed E-state index contributed by atoms with van der Waals surface area (Å²) in [5.74, 6) is 0.159. The maximum Gasteiger partial charge on any atom is 0.311 e. The van der Waals surface area contributed by atoms with Crippen molar-refractivity contribution in [2.75, 3.05) is 6.61 Å². The molecule has 26 heavy (non-hydrogen) atoms. The Bertz CT molecular complexity index is 495. The van der Waals surface area contributed by atoms with E-state index in [4.69, 9.17) is 9.47 Å². The standard InChI is InChI=1S/C21H35IO4/c1-14(16(3)22)12-17(23)9-10-19-15(2)13-18(26-19)8-7-11-25-20(24)21(4,5)6/h14,17-19,23H,2-3,7-13H2,1,4-6H3/t14-,17-,18+,19-/m1/s1. The van der Waals surface area contributed by atoms with E-state index >= 15 is 0 Å². The first-order valence-corrected chi connectivity index (χ1v) is 10.6. The van der Waals surface area contributed by atoms with Crippen molar-refractivity contribution >= 4 is 28.6 Å². The summed E-state index contributed by atoms with van der Waals surface area (Å²) < 4.78 is 12.5. The van der Waals surface area contributed by atoms with Gasteiger partial charge in [0.2, 0.25) is 0 Å². The molecule has 0 unspecified atom stereocenters. The minimum Gasteiger partial charge on any atom is -0.465 e. The molecule has 1 saturated heterocycles. The minimum atomic E-state index is -0.453. The third kappa shape index (κ3) is 8.53. The normalized spacial score (nSPS) is 22.9. The molecule has 1 rings (SSSR count). The zero-order valence-electron chi connectivity index (χ0n) is 16.7. The smallest absolute Gasteiger partial charge is 0.311 e. The number of aliphatic hydroxyl groups is 1. The van der Waals surface area contributed by atoms with E-state index in [1.54, 1.807) is 0 Å². The van der Waals surface area contributed by atoms with Crippen molar-refractivity contribution in [2.45, 2.75) is 84.5 Å². The van der Waals surface area contributed by atoms with Gasteiger partial charge in [-0.05, 0) is 97.0 Å². The van der Waals surface area contributed by atoms with Gasteiger partial charge in [0.05, 0.1) is 30.3 Å². The van der Waals surface area contributed by atoms with Crippen molar-refractivity contribution in [1.82, 2.24) is 0 Å². The van der Waals surface area contributed by atoms with Gasteiger partial charge in [0.25, 0.3) is 0 Å². The first-order valence-electron chi connectivity index (χ1n) is 9.53. The molecular weight excluding hydrogens is 443 g/mol. The Kier molecular flexibility index (Phi) is 9.83. The van der Waals surface area contributed by atoms with E-state index in [-0.39, 0.29) is 24.3 Å². The molecule has 5 heteroatoms. The SMILES string of the molecule is C=C(I)[C@H](C)C[C@H](O)CC[C@H]1O[C@@H](CCCOC(=O)C(C)(C)C)CC1=C. The number of esters is 1. The van der Waals surface area contributed by atoms with Crippen LogP contribution in [0, 0.1) is 11.3 Å². The van der Waals surface area contributed by atoms with Crippen molar-refractivity contribution in [3.63, 3.8) is 0 Å². The highest BCUT2D eigenvalue weighted by Gasteiger charge is 2.29. The number of rotatable bonds is 10. The van der Waals surface area contributed by atoms with Crippen LogP contribution in [-0.4, -0.2) is 36.0 Å². The maximum absolute atomic E-state index is 11.7. The number of ether oxygens (including phenoxy) is 2. The summed E-state index contributed by atoms with van der Waals surface area (Å²) in [7, 11) is 0. The van der Waals surface area contributed by atoms with Crippen LogP contribution in [0.15, 0.2) is 22.3 Å². The van der Waals surface area contributed by atoms with E-state index in [1.807, 2.05) is 20.8 Å². The fraction of sp³-hybridized carbons (Fsp3) is 0.762. The highest BCUT2D eigenvalue weighted by atomic mass is 127. The Balaban J connectivity index is 2.25. The van der Waals surface area contributed by atoms with Gasteiger partial charge in [0, 0.05) is 0 Å². The fourth-order valence-corrected chi connectivity index (χ4v) is 3.19. The summed E-state index contributed by atoms with van der Waals surface area (Å²) in [6.45, 7) is 16.2. The molecule has 4 atom stereocenters. The molecule has 0 aromatic rings. The highest BCUT2D eigenvalue weighted by Crippen LogP contribution is 2.31. The molecule has 4 nitrogen and oxygen atoms in total. The van der Waals surface area contributed by atoms with Gasteiger partial charge in [-0.1, -0.05) is 20.1 Å². The molecule has 1 aliphatic heterocycles. The zero-order chi connectivity index (χ0) is 19.9. The largest absolute Gasteiger partial charge is 0.465 e. The minimum absolute atomic E-state index is 0.0323. The summed E-state index contributed by atoms with van der Waals surface area (Å²) in [4.78, 5) is 11.7. The molecule has 1 fully saturated rings. The predicted molar refractivity (Wildman–Crippen MR) is 114 cm³/mol. The number of hydrogen-bond acceptors (Lipinski definition) is 4. The van der Waals surface area contributed by atoms with Crippen molar-refractivity contribution in [2.24, 2.45) is 11.3 Å². The van der Waals surface area contributed by atoms with Crippen molar-refractivity contribution in [3.05, 3.63) is 22.3 Å². The number of carbonyl (C=O) groups is 1. The van der Waals surface area contributed by atoms with E-state index < -0.39 is 5.41 Å². The summed E-state index contributed by atoms with van der Waals surface area (Å²) in [5.41, 5.74) is 0.658. The molecule has 0 aromatic carbocycles. The van der Waals surface area contributed by atoms with Crippen molar-refractivity contribution in [1.29, 1.82) is 0 Å². The van der Waals surface area contributed by atoms with E-state index in [9.17, 15) is 9.90 Å². The quantitative estimate of drug-likeness (QED) is 0.203. The molecule has 150 valence electrons. The van der Waals surface area contributed by atoms with E-state index in [2.05, 4.69) is 42.7 Å². The molecule has 0 aliphatic carbocycles. The fourth-order valence-electron chi connectivity index (χ4n) is 2.93. The first-order chi connectivity index (χ1) is 12.0. The van der Waals surface area contributed by atoms with Crippen LogP contribution in [0.2, 0.25) is 0 Å². The lowest BCUT2D eigenvalue weighted by molar-refractivity contribution is -0.153. The third-order valence-electron chi connectivity index (χ3n) is 4.74. The van der Waals surface area contributed by atoms with Gasteiger partial charge in [0.1, 0.15) is 0 Å². The second-order valence-electron chi connectivity index (χ2n) is 8.45. The monoisotopic (exact) mass is 478 g/mol. The van der Waals surface area contributed by atoms with Crippen LogP contribution in [-0.2, 0) is 14.3 Å². The van der Waals surface area contributed by atoms with Crippen molar-refractivity contribution in [3.8, 4) is 0 Å².